The van der Waals surface area contributed by atoms with E-state index < -0.39 is 10.0 Å². The van der Waals surface area contributed by atoms with E-state index in [0.29, 0.717) is 47.0 Å². The van der Waals surface area contributed by atoms with Crippen LogP contribution >= 0.6 is 23.2 Å². The van der Waals surface area contributed by atoms with Gasteiger partial charge in [0.25, 0.3) is 0 Å². The normalized spacial score (nSPS) is 26.7. The van der Waals surface area contributed by atoms with E-state index in [1.54, 1.807) is 36.0 Å². The van der Waals surface area contributed by atoms with Crippen molar-refractivity contribution in [1.29, 1.82) is 0 Å². The minimum atomic E-state index is -3.07. The molecule has 6 atom stereocenters. The number of ether oxygens (including phenoxy) is 2. The third-order valence-electron chi connectivity index (χ3n) is 15.5. The van der Waals surface area contributed by atoms with E-state index in [4.69, 9.17) is 32.7 Å². The molecule has 63 heavy (non-hydrogen) atoms. The number of anilines is 2. The Hall–Kier alpha value is -1.87. The fraction of sp³-hybridized carbons (Fsp3) is 0.833. The highest BCUT2D eigenvalue weighted by Crippen LogP contribution is 2.51. The van der Waals surface area contributed by atoms with Gasteiger partial charge >= 0.3 is 0 Å². The van der Waals surface area contributed by atoms with Gasteiger partial charge in [0.1, 0.15) is 0 Å². The number of nitrogens with one attached hydrogen (secondary N) is 1. The highest BCUT2D eigenvalue weighted by Gasteiger charge is 2.45. The van der Waals surface area contributed by atoms with Crippen LogP contribution in [-0.4, -0.2) is 116 Å². The fourth-order valence-electron chi connectivity index (χ4n) is 11.6. The predicted octanol–water partition coefficient (Wildman–Crippen LogP) is 8.89. The molecule has 6 aliphatic rings. The Kier molecular flexibility index (Phi) is 18.1. The molecular formula is C48H78Cl2N8O4S. The molecule has 6 heterocycles. The Morgan fingerprint density at radius 1 is 0.635 bits per heavy atom. The van der Waals surface area contributed by atoms with Gasteiger partial charge in [-0.3, -0.25) is 0 Å². The number of hydrogen-bond donors (Lipinski definition) is 1. The standard InChI is InChI=1S/C25H41ClN4O3S.C23H37ClN4O/c1-4-34(31,32)30-12-7-20(8-13-30)24(18(2)3)33-14-9-21-15-23(21)19-5-10-29(11-6-19)25-27-16-22(26)17-28-25;1-16(2)22(18-3-8-25-9-4-18)29-12-7-19-13-21(19)17-5-10-28(11-6-17)23-26-14-20(24)15-27-23/h16-21,23-24H,4-15H2,1-3H3;14-19,21-22,25H,3-13H2,1-2H3/t21-,23-,24?;19-,21-,22?/m11/s1. The monoisotopic (exact) mass is 933 g/mol. The van der Waals surface area contributed by atoms with Crippen molar-refractivity contribution >= 4 is 45.1 Å². The van der Waals surface area contributed by atoms with E-state index in [9.17, 15) is 8.42 Å². The topological polar surface area (TPSA) is 126 Å². The average molecular weight is 934 g/mol. The second-order valence-corrected chi connectivity index (χ2v) is 23.5. The van der Waals surface area contributed by atoms with Crippen molar-refractivity contribution in [3.8, 4) is 0 Å². The summed E-state index contributed by atoms with van der Waals surface area (Å²) >= 11 is 11.8. The van der Waals surface area contributed by atoms with Crippen LogP contribution < -0.4 is 15.1 Å². The van der Waals surface area contributed by atoms with Gasteiger partial charge in [0.15, 0.2) is 0 Å². The number of hydrogen-bond acceptors (Lipinski definition) is 11. The molecule has 0 amide bonds. The maximum atomic E-state index is 12.2. The van der Waals surface area contributed by atoms with Gasteiger partial charge in [0, 0.05) is 52.5 Å². The molecule has 2 unspecified atom stereocenters. The summed E-state index contributed by atoms with van der Waals surface area (Å²) < 4.78 is 38.9. The van der Waals surface area contributed by atoms with E-state index in [2.05, 4.69) is 62.7 Å². The molecule has 0 spiro atoms. The zero-order valence-corrected chi connectivity index (χ0v) is 41.3. The molecule has 12 nitrogen and oxygen atoms in total. The molecule has 0 aromatic carbocycles. The molecule has 15 heteroatoms. The first-order valence-electron chi connectivity index (χ1n) is 24.8. The van der Waals surface area contributed by atoms with Gasteiger partial charge in [-0.15, -0.1) is 0 Å². The molecule has 6 fully saturated rings. The lowest BCUT2D eigenvalue weighted by atomic mass is 9.86. The first kappa shape index (κ1) is 49.0. The fourth-order valence-corrected chi connectivity index (χ4v) is 13.0. The summed E-state index contributed by atoms with van der Waals surface area (Å²) in [6, 6.07) is 0. The summed E-state index contributed by atoms with van der Waals surface area (Å²) in [6.07, 6.45) is 21.8. The Morgan fingerprint density at radius 3 is 1.41 bits per heavy atom. The smallest absolute Gasteiger partial charge is 0.225 e. The van der Waals surface area contributed by atoms with Gasteiger partial charge in [-0.25, -0.2) is 32.7 Å². The molecule has 2 aromatic heterocycles. The Morgan fingerprint density at radius 2 is 1.03 bits per heavy atom. The van der Waals surface area contributed by atoms with Gasteiger partial charge in [-0.05, 0) is 156 Å². The van der Waals surface area contributed by atoms with E-state index in [1.807, 2.05) is 0 Å². The summed E-state index contributed by atoms with van der Waals surface area (Å²) in [7, 11) is -3.07. The van der Waals surface area contributed by atoms with Crippen LogP contribution in [0.3, 0.4) is 0 Å². The third kappa shape index (κ3) is 13.8. The zero-order chi connectivity index (χ0) is 44.5. The van der Waals surface area contributed by atoms with Gasteiger partial charge in [-0.1, -0.05) is 50.9 Å². The molecule has 4 saturated heterocycles. The molecule has 0 radical (unpaired) electrons. The van der Waals surface area contributed by atoms with E-state index in [0.717, 1.165) is 125 Å². The van der Waals surface area contributed by atoms with Gasteiger partial charge in [0.2, 0.25) is 21.9 Å². The lowest BCUT2D eigenvalue weighted by Crippen LogP contribution is -2.43. The van der Waals surface area contributed by atoms with Gasteiger partial charge in [0.05, 0.1) is 52.8 Å². The molecule has 354 valence electrons. The summed E-state index contributed by atoms with van der Waals surface area (Å²) in [5.41, 5.74) is 0. The second-order valence-electron chi connectivity index (χ2n) is 20.3. The third-order valence-corrected chi connectivity index (χ3v) is 17.8. The first-order valence-corrected chi connectivity index (χ1v) is 27.1. The van der Waals surface area contributed by atoms with Crippen LogP contribution in [0.15, 0.2) is 24.8 Å². The SMILES string of the molecule is CC(C)C(OCC[C@@H]1C[C@@H]1C1CCN(c2ncc(Cl)cn2)CC1)C1CCNCC1.CCS(=O)(=O)N1CCC(C(OCC[C@@H]2C[C@@H]2C2CCN(c3ncc(Cl)cn3)CC2)C(C)C)CC1. The number of nitrogens with zero attached hydrogens (tertiary/aromatic N) is 7. The van der Waals surface area contributed by atoms with Crippen LogP contribution in [0.5, 0.6) is 0 Å². The second kappa shape index (κ2) is 23.2. The highest BCUT2D eigenvalue weighted by atomic mass is 35.5. The number of halogens is 2. The Labute approximate surface area is 389 Å². The van der Waals surface area contributed by atoms with Crippen molar-refractivity contribution in [2.75, 3.05) is 81.1 Å². The summed E-state index contributed by atoms with van der Waals surface area (Å²) in [5, 5.41) is 4.66. The largest absolute Gasteiger partial charge is 0.378 e. The Bertz CT molecular complexity index is 1770. The first-order chi connectivity index (χ1) is 30.4. The average Bonchev–Trinajstić information content (AvgIpc) is 4.24. The lowest BCUT2D eigenvalue weighted by Gasteiger charge is -2.37. The van der Waals surface area contributed by atoms with Crippen LogP contribution in [-0.2, 0) is 19.5 Å². The van der Waals surface area contributed by atoms with E-state index in [1.165, 1.54) is 57.8 Å². The summed E-state index contributed by atoms with van der Waals surface area (Å²) in [4.78, 5) is 22.1. The molecule has 2 aliphatic carbocycles. The van der Waals surface area contributed by atoms with Crippen LogP contribution in [0.1, 0.15) is 112 Å². The van der Waals surface area contributed by atoms with Crippen molar-refractivity contribution in [3.63, 3.8) is 0 Å². The van der Waals surface area contributed by atoms with Crippen LogP contribution in [0.4, 0.5) is 11.9 Å². The zero-order valence-electron chi connectivity index (χ0n) is 38.9. The molecular weight excluding hydrogens is 856 g/mol. The summed E-state index contributed by atoms with van der Waals surface area (Å²) in [6.45, 7) is 20.4. The van der Waals surface area contributed by atoms with Crippen LogP contribution in [0.25, 0.3) is 0 Å². The molecule has 2 saturated carbocycles. The van der Waals surface area contributed by atoms with Gasteiger partial charge in [-0.2, -0.15) is 0 Å². The molecule has 2 aromatic rings. The molecule has 0 bridgehead atoms. The highest BCUT2D eigenvalue weighted by molar-refractivity contribution is 7.89. The Balaban J connectivity index is 0.000000191. The van der Waals surface area contributed by atoms with Crippen LogP contribution in [0, 0.1) is 59.2 Å². The van der Waals surface area contributed by atoms with Crippen molar-refractivity contribution in [1.82, 2.24) is 29.6 Å². The van der Waals surface area contributed by atoms with Crippen molar-refractivity contribution in [2.45, 2.75) is 124 Å². The number of piperidine rings is 4. The van der Waals surface area contributed by atoms with Crippen molar-refractivity contribution in [3.05, 3.63) is 34.8 Å². The number of rotatable bonds is 18. The number of sulfonamides is 1. The minimum Gasteiger partial charge on any atom is -0.378 e. The van der Waals surface area contributed by atoms with E-state index >= 15 is 0 Å². The quantitative estimate of drug-likeness (QED) is 0.154. The lowest BCUT2D eigenvalue weighted by molar-refractivity contribution is -0.0333. The predicted molar refractivity (Wildman–Crippen MR) is 255 cm³/mol. The number of aromatic nitrogens is 4. The van der Waals surface area contributed by atoms with Crippen molar-refractivity contribution < 1.29 is 17.9 Å². The van der Waals surface area contributed by atoms with Crippen molar-refractivity contribution in [2.24, 2.45) is 59.2 Å². The maximum Gasteiger partial charge on any atom is 0.225 e. The van der Waals surface area contributed by atoms with E-state index in [-0.39, 0.29) is 11.9 Å². The molecule has 1 N–H and O–H groups in total. The molecule has 8 rings (SSSR count). The van der Waals surface area contributed by atoms with Gasteiger partial charge < -0.3 is 24.6 Å². The summed E-state index contributed by atoms with van der Waals surface area (Å²) in [5.74, 6) is 9.20. The molecule has 4 aliphatic heterocycles. The maximum absolute atomic E-state index is 12.2. The minimum absolute atomic E-state index is 0.193. The van der Waals surface area contributed by atoms with Crippen LogP contribution in [0.2, 0.25) is 10.0 Å².